The van der Waals surface area contributed by atoms with E-state index in [1.54, 1.807) is 26.2 Å². The number of hydrogen-bond acceptors (Lipinski definition) is 4. The van der Waals surface area contributed by atoms with E-state index in [2.05, 4.69) is 20.5 Å². The zero-order valence-electron chi connectivity index (χ0n) is 15.1. The Bertz CT molecular complexity index is 645. The number of piperidine rings is 1. The van der Waals surface area contributed by atoms with Gasteiger partial charge in [-0.15, -0.1) is 24.0 Å². The van der Waals surface area contributed by atoms with Crippen molar-refractivity contribution < 1.29 is 9.72 Å². The molecule has 1 heterocycles. The second-order valence-electron chi connectivity index (χ2n) is 6.14. The molecule has 1 aromatic carbocycles. The van der Waals surface area contributed by atoms with Crippen molar-refractivity contribution in [2.24, 2.45) is 10.9 Å². The van der Waals surface area contributed by atoms with Gasteiger partial charge in [0.2, 0.25) is 5.91 Å². The molecule has 0 bridgehead atoms. The zero-order chi connectivity index (χ0) is 18.2. The van der Waals surface area contributed by atoms with Crippen molar-refractivity contribution in [3.05, 3.63) is 39.9 Å². The summed E-state index contributed by atoms with van der Waals surface area (Å²) in [5, 5.41) is 16.8. The molecule has 0 radical (unpaired) electrons. The summed E-state index contributed by atoms with van der Waals surface area (Å²) >= 11 is 0. The highest BCUT2D eigenvalue weighted by molar-refractivity contribution is 14.0. The highest BCUT2D eigenvalue weighted by atomic mass is 127. The van der Waals surface area contributed by atoms with Gasteiger partial charge in [-0.2, -0.15) is 0 Å². The molecule has 144 valence electrons. The highest BCUT2D eigenvalue weighted by Gasteiger charge is 2.23. The molecular weight excluding hydrogens is 449 g/mol. The van der Waals surface area contributed by atoms with Crippen molar-refractivity contribution in [3.63, 3.8) is 0 Å². The second kappa shape index (κ2) is 10.9. The monoisotopic (exact) mass is 475 g/mol. The van der Waals surface area contributed by atoms with Crippen molar-refractivity contribution in [2.45, 2.75) is 25.8 Å². The van der Waals surface area contributed by atoms with Gasteiger partial charge in [0.05, 0.1) is 4.92 Å². The van der Waals surface area contributed by atoms with Gasteiger partial charge in [-0.05, 0) is 24.3 Å². The lowest BCUT2D eigenvalue weighted by Crippen LogP contribution is -2.45. The molecule has 1 amide bonds. The van der Waals surface area contributed by atoms with Crippen LogP contribution < -0.4 is 10.6 Å². The number of rotatable bonds is 5. The van der Waals surface area contributed by atoms with Crippen LogP contribution in [0.5, 0.6) is 0 Å². The van der Waals surface area contributed by atoms with Gasteiger partial charge < -0.3 is 15.5 Å². The van der Waals surface area contributed by atoms with E-state index in [-0.39, 0.29) is 35.6 Å². The Labute approximate surface area is 170 Å². The highest BCUT2D eigenvalue weighted by Crippen LogP contribution is 2.20. The maximum absolute atomic E-state index is 11.5. The number of non-ortho nitro benzene ring substituents is 1. The van der Waals surface area contributed by atoms with Crippen molar-refractivity contribution in [2.75, 3.05) is 27.2 Å². The average molecular weight is 475 g/mol. The second-order valence-corrected chi connectivity index (χ2v) is 6.14. The third-order valence-corrected chi connectivity index (χ3v) is 4.45. The van der Waals surface area contributed by atoms with E-state index < -0.39 is 4.92 Å². The van der Waals surface area contributed by atoms with Crippen LogP contribution in [0.25, 0.3) is 0 Å². The van der Waals surface area contributed by atoms with E-state index in [9.17, 15) is 14.9 Å². The number of aliphatic imine (C=N–C) groups is 1. The molecule has 0 aromatic heterocycles. The van der Waals surface area contributed by atoms with Crippen LogP contribution in [0, 0.1) is 16.0 Å². The third kappa shape index (κ3) is 6.43. The Hall–Kier alpha value is -1.91. The lowest BCUT2D eigenvalue weighted by atomic mass is 9.93. The maximum Gasteiger partial charge on any atom is 0.269 e. The van der Waals surface area contributed by atoms with Gasteiger partial charge in [0, 0.05) is 52.3 Å². The van der Waals surface area contributed by atoms with Gasteiger partial charge >= 0.3 is 0 Å². The Balaban J connectivity index is 0.00000338. The van der Waals surface area contributed by atoms with Gasteiger partial charge in [-0.3, -0.25) is 19.9 Å². The number of nitrogens with zero attached hydrogens (tertiary/aromatic N) is 3. The minimum atomic E-state index is -0.393. The van der Waals surface area contributed by atoms with Gasteiger partial charge in [0.15, 0.2) is 5.96 Å². The molecule has 0 spiro atoms. The molecule has 0 atom stereocenters. The topological polar surface area (TPSA) is 99.9 Å². The van der Waals surface area contributed by atoms with Gasteiger partial charge in [0.25, 0.3) is 5.69 Å². The smallest absolute Gasteiger partial charge is 0.269 e. The molecule has 2 N–H and O–H groups in total. The molecule has 0 aliphatic carbocycles. The van der Waals surface area contributed by atoms with Gasteiger partial charge in [-0.25, -0.2) is 0 Å². The van der Waals surface area contributed by atoms with E-state index in [0.29, 0.717) is 18.9 Å². The first-order valence-corrected chi connectivity index (χ1v) is 8.43. The minimum absolute atomic E-state index is 0. The van der Waals surface area contributed by atoms with Crippen LogP contribution in [0.1, 0.15) is 24.8 Å². The average Bonchev–Trinajstić information content (AvgIpc) is 2.63. The largest absolute Gasteiger partial charge is 0.359 e. The molecule has 26 heavy (non-hydrogen) atoms. The van der Waals surface area contributed by atoms with Crippen molar-refractivity contribution in [3.8, 4) is 0 Å². The van der Waals surface area contributed by atoms with Gasteiger partial charge in [0.1, 0.15) is 0 Å². The first-order chi connectivity index (χ1) is 12.0. The van der Waals surface area contributed by atoms with Crippen LogP contribution in [0.4, 0.5) is 5.69 Å². The summed E-state index contributed by atoms with van der Waals surface area (Å²) in [6.07, 6.45) is 2.47. The number of halogens is 1. The summed E-state index contributed by atoms with van der Waals surface area (Å²) in [5.74, 6) is 1.28. The summed E-state index contributed by atoms with van der Waals surface area (Å²) in [6.45, 7) is 2.17. The Morgan fingerprint density at radius 1 is 1.38 bits per heavy atom. The summed E-state index contributed by atoms with van der Waals surface area (Å²) in [4.78, 5) is 28.4. The number of carbonyl (C=O) groups is 1. The van der Waals surface area contributed by atoms with E-state index in [4.69, 9.17) is 0 Å². The maximum atomic E-state index is 11.5. The number of benzene rings is 1. The molecule has 0 unspecified atom stereocenters. The molecule has 1 aliphatic heterocycles. The fraction of sp³-hybridized carbons (Fsp3) is 0.529. The molecule has 2 rings (SSSR count). The predicted molar refractivity (Wildman–Crippen MR) is 112 cm³/mol. The number of amides is 1. The first kappa shape index (κ1) is 22.1. The van der Waals surface area contributed by atoms with Crippen LogP contribution in [-0.4, -0.2) is 48.9 Å². The quantitative estimate of drug-likeness (QED) is 0.224. The Morgan fingerprint density at radius 3 is 2.65 bits per heavy atom. The van der Waals surface area contributed by atoms with E-state index in [0.717, 1.165) is 37.5 Å². The van der Waals surface area contributed by atoms with Gasteiger partial charge in [-0.1, -0.05) is 12.1 Å². The molecule has 0 saturated carbocycles. The van der Waals surface area contributed by atoms with Crippen molar-refractivity contribution in [1.82, 2.24) is 15.5 Å². The summed E-state index contributed by atoms with van der Waals surface area (Å²) in [7, 11) is 3.39. The SMILES string of the molecule is CN=C(NCc1cccc([N+](=O)[O-])c1)N1CCC(CC(=O)NC)CC1.I. The van der Waals surface area contributed by atoms with Crippen LogP contribution in [-0.2, 0) is 11.3 Å². The standard InChI is InChI=1S/C17H25N5O3.HI/c1-18-16(23)11-13-6-8-21(9-7-13)17(19-2)20-12-14-4-3-5-15(10-14)22(24)25;/h3-5,10,13H,6-9,11-12H2,1-2H3,(H,18,23)(H,19,20);1H. The number of guanidine groups is 1. The predicted octanol–water partition coefficient (Wildman–Crippen LogP) is 2.14. The molecule has 1 saturated heterocycles. The molecule has 1 fully saturated rings. The van der Waals surface area contributed by atoms with Crippen LogP contribution >= 0.6 is 24.0 Å². The Morgan fingerprint density at radius 2 is 2.08 bits per heavy atom. The minimum Gasteiger partial charge on any atom is -0.359 e. The normalized spacial score (nSPS) is 15.2. The van der Waals surface area contributed by atoms with E-state index in [1.807, 2.05) is 6.07 Å². The van der Waals surface area contributed by atoms with Crippen LogP contribution in [0.15, 0.2) is 29.3 Å². The number of nitro groups is 1. The molecule has 8 nitrogen and oxygen atoms in total. The fourth-order valence-electron chi connectivity index (χ4n) is 3.01. The molecular formula is C17H26IN5O3. The number of likely N-dealkylation sites (tertiary alicyclic amines) is 1. The van der Waals surface area contributed by atoms with Crippen LogP contribution in [0.3, 0.4) is 0 Å². The summed E-state index contributed by atoms with van der Waals surface area (Å²) in [5.41, 5.74) is 0.925. The molecule has 1 aliphatic rings. The van der Waals surface area contributed by atoms with Crippen molar-refractivity contribution in [1.29, 1.82) is 0 Å². The summed E-state index contributed by atoms with van der Waals surface area (Å²) in [6, 6.07) is 6.58. The fourth-order valence-corrected chi connectivity index (χ4v) is 3.01. The third-order valence-electron chi connectivity index (χ3n) is 4.45. The van der Waals surface area contributed by atoms with E-state index in [1.165, 1.54) is 6.07 Å². The summed E-state index contributed by atoms with van der Waals surface area (Å²) < 4.78 is 0. The number of hydrogen-bond donors (Lipinski definition) is 2. The zero-order valence-corrected chi connectivity index (χ0v) is 17.4. The lowest BCUT2D eigenvalue weighted by Gasteiger charge is -2.34. The first-order valence-electron chi connectivity index (χ1n) is 8.43. The van der Waals surface area contributed by atoms with Crippen molar-refractivity contribution >= 4 is 41.5 Å². The van der Waals surface area contributed by atoms with E-state index >= 15 is 0 Å². The van der Waals surface area contributed by atoms with Crippen LogP contribution in [0.2, 0.25) is 0 Å². The number of nitrogens with one attached hydrogen (secondary N) is 2. The number of nitro benzene ring substituents is 1. The molecule has 1 aromatic rings. The Kier molecular flexibility index (Phi) is 9.31. The number of carbonyl (C=O) groups excluding carboxylic acids is 1. The lowest BCUT2D eigenvalue weighted by molar-refractivity contribution is -0.384. The molecule has 9 heteroatoms.